The summed E-state index contributed by atoms with van der Waals surface area (Å²) < 4.78 is 10.3. The van der Waals surface area contributed by atoms with Crippen LogP contribution in [0.25, 0.3) is 0 Å². The predicted molar refractivity (Wildman–Crippen MR) is 96.8 cm³/mol. The van der Waals surface area contributed by atoms with Crippen LogP contribution in [0.3, 0.4) is 0 Å². The van der Waals surface area contributed by atoms with Crippen LogP contribution in [0.5, 0.6) is 0 Å². The van der Waals surface area contributed by atoms with Gasteiger partial charge in [0.1, 0.15) is 6.61 Å². The van der Waals surface area contributed by atoms with E-state index in [1.165, 1.54) is 6.92 Å². The number of benzene rings is 1. The summed E-state index contributed by atoms with van der Waals surface area (Å²) in [5.74, 6) is -2.64. The molecule has 0 bridgehead atoms. The van der Waals surface area contributed by atoms with E-state index in [4.69, 9.17) is 61.0 Å². The molecule has 146 valence electrons. The zero-order chi connectivity index (χ0) is 20.0. The van der Waals surface area contributed by atoms with E-state index in [1.807, 2.05) is 0 Å². The largest absolute Gasteiger partial charge is 0.478 e. The Kier molecular flexibility index (Phi) is 9.40. The maximum atomic E-state index is 12.4. The molecular formula is C15H16Cl4O7. The number of halogens is 4. The van der Waals surface area contributed by atoms with Gasteiger partial charge in [0.15, 0.2) is 0 Å². The predicted octanol–water partition coefficient (Wildman–Crippen LogP) is 3.30. The number of carboxylic acid groups (broad SMARTS) is 1. The van der Waals surface area contributed by atoms with Gasteiger partial charge in [0.2, 0.25) is 0 Å². The van der Waals surface area contributed by atoms with Crippen molar-refractivity contribution < 1.29 is 34.4 Å². The van der Waals surface area contributed by atoms with Crippen LogP contribution in [0, 0.1) is 0 Å². The first kappa shape index (κ1) is 23.2. The van der Waals surface area contributed by atoms with Crippen molar-refractivity contribution >= 4 is 58.3 Å². The Bertz CT molecular complexity index is 679. The molecule has 0 amide bonds. The van der Waals surface area contributed by atoms with Gasteiger partial charge in [0, 0.05) is 6.42 Å². The molecule has 3 N–H and O–H groups in total. The highest BCUT2D eigenvalue weighted by molar-refractivity contribution is 6.54. The average Bonchev–Trinajstić information content (AvgIpc) is 2.57. The van der Waals surface area contributed by atoms with Gasteiger partial charge in [-0.25, -0.2) is 9.59 Å². The van der Waals surface area contributed by atoms with E-state index in [9.17, 15) is 19.8 Å². The highest BCUT2D eigenvalue weighted by atomic mass is 35.5. The molecule has 0 heterocycles. The number of esters is 1. The number of hydrogen-bond donors (Lipinski definition) is 3. The minimum absolute atomic E-state index is 0.0331. The Morgan fingerprint density at radius 2 is 1.58 bits per heavy atom. The number of carbonyl (C=O) groups is 2. The molecular weight excluding hydrogens is 434 g/mol. The molecule has 0 fully saturated rings. The maximum absolute atomic E-state index is 12.4. The summed E-state index contributed by atoms with van der Waals surface area (Å²) in [6.07, 6.45) is -1.36. The Labute approximate surface area is 169 Å². The van der Waals surface area contributed by atoms with Crippen molar-refractivity contribution in [1.29, 1.82) is 0 Å². The monoisotopic (exact) mass is 448 g/mol. The normalized spacial score (nSPS) is 13.3. The minimum Gasteiger partial charge on any atom is -0.478 e. The SMILES string of the molecule is CC(O)CC(COC(=O)c1c(Cl)c(Cl)c(Cl)c(Cl)c1C(=O)O)OCCO. The molecule has 7 nitrogen and oxygen atoms in total. The van der Waals surface area contributed by atoms with Gasteiger partial charge in [0.05, 0.1) is 56.6 Å². The smallest absolute Gasteiger partial charge is 0.340 e. The maximum Gasteiger partial charge on any atom is 0.340 e. The van der Waals surface area contributed by atoms with Gasteiger partial charge >= 0.3 is 11.9 Å². The van der Waals surface area contributed by atoms with Crippen molar-refractivity contribution in [3.05, 3.63) is 31.2 Å². The molecule has 0 aliphatic heterocycles. The highest BCUT2D eigenvalue weighted by Gasteiger charge is 2.30. The first-order valence-corrected chi connectivity index (χ1v) is 8.79. The number of carboxylic acids is 1. The van der Waals surface area contributed by atoms with E-state index >= 15 is 0 Å². The number of aromatic carboxylic acids is 1. The lowest BCUT2D eigenvalue weighted by Gasteiger charge is -2.19. The Morgan fingerprint density at radius 3 is 2.04 bits per heavy atom. The second-order valence-corrected chi connectivity index (χ2v) is 6.72. The molecule has 0 aromatic heterocycles. The molecule has 0 aliphatic rings. The highest BCUT2D eigenvalue weighted by Crippen LogP contribution is 2.41. The zero-order valence-electron chi connectivity index (χ0n) is 13.5. The van der Waals surface area contributed by atoms with E-state index in [0.717, 1.165) is 0 Å². The van der Waals surface area contributed by atoms with Crippen molar-refractivity contribution in [1.82, 2.24) is 0 Å². The summed E-state index contributed by atoms with van der Waals surface area (Å²) in [7, 11) is 0. The standard InChI is InChI=1S/C15H16Cl4O7/c1-6(21)4-7(25-3-2-20)5-26-15(24)9-8(14(22)23)10(16)12(18)13(19)11(9)17/h6-7,20-21H,2-5H2,1H3,(H,22,23). The van der Waals surface area contributed by atoms with Crippen molar-refractivity contribution in [2.45, 2.75) is 25.6 Å². The van der Waals surface area contributed by atoms with Crippen LogP contribution >= 0.6 is 46.4 Å². The second-order valence-electron chi connectivity index (χ2n) is 5.21. The van der Waals surface area contributed by atoms with Gasteiger partial charge in [-0.1, -0.05) is 46.4 Å². The Hall–Kier alpha value is -0.800. The second kappa shape index (κ2) is 10.5. The van der Waals surface area contributed by atoms with Gasteiger partial charge in [-0.2, -0.15) is 0 Å². The number of aliphatic hydroxyl groups excluding tert-OH is 2. The zero-order valence-corrected chi connectivity index (χ0v) is 16.5. The quantitative estimate of drug-likeness (QED) is 0.301. The average molecular weight is 450 g/mol. The Balaban J connectivity index is 3.11. The lowest BCUT2D eigenvalue weighted by atomic mass is 10.1. The molecule has 2 atom stereocenters. The van der Waals surface area contributed by atoms with Gasteiger partial charge < -0.3 is 24.8 Å². The van der Waals surface area contributed by atoms with Crippen LogP contribution in [0.15, 0.2) is 0 Å². The molecule has 0 saturated carbocycles. The van der Waals surface area contributed by atoms with E-state index in [0.29, 0.717) is 0 Å². The van der Waals surface area contributed by atoms with Crippen LogP contribution < -0.4 is 0 Å². The lowest BCUT2D eigenvalue weighted by molar-refractivity contribution is -0.0363. The molecule has 26 heavy (non-hydrogen) atoms. The van der Waals surface area contributed by atoms with Gasteiger partial charge in [-0.15, -0.1) is 0 Å². The van der Waals surface area contributed by atoms with Gasteiger partial charge in [-0.05, 0) is 6.92 Å². The first-order valence-electron chi connectivity index (χ1n) is 7.28. The van der Waals surface area contributed by atoms with Crippen molar-refractivity contribution in [2.24, 2.45) is 0 Å². The summed E-state index contributed by atoms with van der Waals surface area (Å²) in [6, 6.07) is 0. The summed E-state index contributed by atoms with van der Waals surface area (Å²) >= 11 is 23.5. The van der Waals surface area contributed by atoms with Crippen LogP contribution in [-0.4, -0.2) is 59.3 Å². The molecule has 0 spiro atoms. The van der Waals surface area contributed by atoms with Crippen molar-refractivity contribution in [3.8, 4) is 0 Å². The topological polar surface area (TPSA) is 113 Å². The summed E-state index contributed by atoms with van der Waals surface area (Å²) in [6.45, 7) is 0.891. The molecule has 1 aromatic carbocycles. The van der Waals surface area contributed by atoms with Crippen LogP contribution in [-0.2, 0) is 9.47 Å². The number of aliphatic hydroxyl groups is 2. The van der Waals surface area contributed by atoms with Crippen molar-refractivity contribution in [2.75, 3.05) is 19.8 Å². The summed E-state index contributed by atoms with van der Waals surface area (Å²) in [4.78, 5) is 23.8. The minimum atomic E-state index is -1.54. The van der Waals surface area contributed by atoms with Crippen LogP contribution in [0.2, 0.25) is 20.1 Å². The van der Waals surface area contributed by atoms with E-state index < -0.39 is 45.3 Å². The first-order chi connectivity index (χ1) is 12.1. The van der Waals surface area contributed by atoms with Crippen molar-refractivity contribution in [3.63, 3.8) is 0 Å². The number of ether oxygens (including phenoxy) is 2. The Morgan fingerprint density at radius 1 is 1.04 bits per heavy atom. The van der Waals surface area contributed by atoms with Gasteiger partial charge in [0.25, 0.3) is 0 Å². The molecule has 1 rings (SSSR count). The van der Waals surface area contributed by atoms with Crippen LogP contribution in [0.1, 0.15) is 34.1 Å². The molecule has 2 unspecified atom stereocenters. The van der Waals surface area contributed by atoms with E-state index in [2.05, 4.69) is 0 Å². The fourth-order valence-corrected chi connectivity index (χ4v) is 3.06. The number of hydrogen-bond acceptors (Lipinski definition) is 6. The third-order valence-electron chi connectivity index (χ3n) is 3.13. The van der Waals surface area contributed by atoms with Gasteiger partial charge in [-0.3, -0.25) is 0 Å². The fourth-order valence-electron chi connectivity index (χ4n) is 2.05. The third kappa shape index (κ3) is 5.85. The summed E-state index contributed by atoms with van der Waals surface area (Å²) in [5.41, 5.74) is -1.18. The number of carbonyl (C=O) groups excluding carboxylic acids is 1. The third-order valence-corrected chi connectivity index (χ3v) is 4.94. The fraction of sp³-hybridized carbons (Fsp3) is 0.467. The van der Waals surface area contributed by atoms with E-state index in [-0.39, 0.29) is 36.3 Å². The summed E-state index contributed by atoms with van der Waals surface area (Å²) in [5, 5.41) is 26.1. The lowest BCUT2D eigenvalue weighted by Crippen LogP contribution is -2.27. The molecule has 11 heteroatoms. The molecule has 0 radical (unpaired) electrons. The molecule has 0 saturated heterocycles. The molecule has 1 aromatic rings. The van der Waals surface area contributed by atoms with Crippen LogP contribution in [0.4, 0.5) is 0 Å². The number of rotatable bonds is 9. The van der Waals surface area contributed by atoms with E-state index in [1.54, 1.807) is 0 Å². The molecule has 0 aliphatic carbocycles.